The second-order valence-electron chi connectivity index (χ2n) is 3.94. The Morgan fingerprint density at radius 3 is 2.24 bits per heavy atom. The average molecular weight is 302 g/mol. The lowest BCUT2D eigenvalue weighted by Gasteiger charge is -2.13. The van der Waals surface area contributed by atoms with Gasteiger partial charge in [-0.1, -0.05) is 0 Å². The van der Waals surface area contributed by atoms with Crippen LogP contribution in [0.2, 0.25) is 0 Å². The topological polar surface area (TPSA) is 119 Å². The van der Waals surface area contributed by atoms with E-state index >= 15 is 0 Å². The fraction of sp³-hybridized carbons (Fsp3) is 0.250. The van der Waals surface area contributed by atoms with Crippen LogP contribution < -0.4 is 15.8 Å². The number of amides is 2. The lowest BCUT2D eigenvalue weighted by Crippen LogP contribution is -2.43. The highest BCUT2D eigenvalue weighted by Gasteiger charge is 2.22. The lowest BCUT2D eigenvalue weighted by atomic mass is 10.1. The maximum Gasteiger partial charge on any atom is 0.387 e. The Bertz CT molecular complexity index is 533. The van der Waals surface area contributed by atoms with Gasteiger partial charge in [-0.15, -0.1) is 0 Å². The van der Waals surface area contributed by atoms with Crippen LogP contribution in [-0.4, -0.2) is 35.5 Å². The van der Waals surface area contributed by atoms with Crippen molar-refractivity contribution in [2.45, 2.75) is 19.1 Å². The summed E-state index contributed by atoms with van der Waals surface area (Å²) in [6, 6.07) is 3.15. The van der Waals surface area contributed by atoms with Gasteiger partial charge in [0.25, 0.3) is 5.91 Å². The number of primary amides is 1. The third-order valence-electron chi connectivity index (χ3n) is 2.35. The van der Waals surface area contributed by atoms with E-state index in [1.54, 1.807) is 0 Å². The van der Waals surface area contributed by atoms with E-state index in [2.05, 4.69) is 10.1 Å². The Morgan fingerprint density at radius 1 is 1.24 bits per heavy atom. The van der Waals surface area contributed by atoms with E-state index in [-0.39, 0.29) is 11.3 Å². The van der Waals surface area contributed by atoms with Gasteiger partial charge in [-0.3, -0.25) is 9.59 Å². The average Bonchev–Trinajstić information content (AvgIpc) is 2.37. The predicted octanol–water partition coefficient (Wildman–Crippen LogP) is 0.346. The summed E-state index contributed by atoms with van der Waals surface area (Å²) in [5, 5.41) is 10.9. The van der Waals surface area contributed by atoms with Crippen LogP contribution in [0.15, 0.2) is 24.3 Å². The number of halogens is 2. The summed E-state index contributed by atoms with van der Waals surface area (Å²) in [5.41, 5.74) is 4.89. The summed E-state index contributed by atoms with van der Waals surface area (Å²) in [6.07, 6.45) is -0.562. The minimum absolute atomic E-state index is 0.0207. The molecule has 0 aliphatic rings. The normalized spacial score (nSPS) is 11.8. The molecule has 1 unspecified atom stereocenters. The molecule has 21 heavy (non-hydrogen) atoms. The number of carbonyl (C=O) groups is 3. The molecule has 1 aromatic rings. The smallest absolute Gasteiger partial charge is 0.387 e. The molecule has 0 bridgehead atoms. The molecule has 0 saturated heterocycles. The van der Waals surface area contributed by atoms with Crippen LogP contribution in [0.3, 0.4) is 0 Å². The largest absolute Gasteiger partial charge is 0.480 e. The number of benzene rings is 1. The molecule has 0 aromatic heterocycles. The second-order valence-corrected chi connectivity index (χ2v) is 3.94. The molecule has 0 aliphatic heterocycles. The molecule has 0 fully saturated rings. The molecular weight excluding hydrogens is 290 g/mol. The monoisotopic (exact) mass is 302 g/mol. The van der Waals surface area contributed by atoms with Gasteiger partial charge in [0.1, 0.15) is 11.8 Å². The number of nitrogens with one attached hydrogen (secondary N) is 1. The van der Waals surface area contributed by atoms with Gasteiger partial charge in [-0.25, -0.2) is 4.79 Å². The summed E-state index contributed by atoms with van der Waals surface area (Å²) in [4.78, 5) is 33.3. The van der Waals surface area contributed by atoms with Crippen molar-refractivity contribution in [1.82, 2.24) is 5.32 Å². The van der Waals surface area contributed by atoms with E-state index in [4.69, 9.17) is 10.8 Å². The van der Waals surface area contributed by atoms with E-state index in [1.807, 2.05) is 0 Å². The van der Waals surface area contributed by atoms with Crippen molar-refractivity contribution in [3.8, 4) is 5.75 Å². The Hall–Kier alpha value is -2.71. The van der Waals surface area contributed by atoms with Gasteiger partial charge < -0.3 is 20.9 Å². The zero-order valence-corrected chi connectivity index (χ0v) is 10.6. The van der Waals surface area contributed by atoms with Crippen LogP contribution in [0.25, 0.3) is 0 Å². The number of nitrogens with two attached hydrogens (primary N) is 1. The Morgan fingerprint density at radius 2 is 1.81 bits per heavy atom. The zero-order chi connectivity index (χ0) is 16.0. The highest BCUT2D eigenvalue weighted by Crippen LogP contribution is 2.15. The quantitative estimate of drug-likeness (QED) is 0.671. The van der Waals surface area contributed by atoms with Crippen molar-refractivity contribution in [1.29, 1.82) is 0 Å². The molecule has 4 N–H and O–H groups in total. The van der Waals surface area contributed by atoms with Gasteiger partial charge in [0, 0.05) is 5.56 Å². The van der Waals surface area contributed by atoms with Crippen LogP contribution in [0.5, 0.6) is 5.75 Å². The molecule has 0 heterocycles. The molecule has 1 atom stereocenters. The Kier molecular flexibility index (Phi) is 5.58. The number of hydrogen-bond acceptors (Lipinski definition) is 4. The molecule has 114 valence electrons. The minimum Gasteiger partial charge on any atom is -0.480 e. The van der Waals surface area contributed by atoms with Gasteiger partial charge in [-0.05, 0) is 24.3 Å². The second kappa shape index (κ2) is 7.17. The minimum atomic E-state index is -2.99. The number of carboxylic acids is 1. The van der Waals surface area contributed by atoms with E-state index in [0.717, 1.165) is 12.1 Å². The van der Waals surface area contributed by atoms with Crippen molar-refractivity contribution < 1.29 is 33.0 Å². The number of ether oxygens (including phenoxy) is 1. The maximum atomic E-state index is 12.0. The molecule has 0 aliphatic carbocycles. The van der Waals surface area contributed by atoms with Crippen molar-refractivity contribution in [2.75, 3.05) is 0 Å². The van der Waals surface area contributed by atoms with E-state index in [9.17, 15) is 23.2 Å². The van der Waals surface area contributed by atoms with E-state index in [1.165, 1.54) is 12.1 Å². The molecule has 2 amide bonds. The SMILES string of the molecule is NC(=O)CC(NC(=O)c1ccc(OC(F)F)cc1)C(=O)O. The fourth-order valence-corrected chi connectivity index (χ4v) is 1.43. The molecular formula is C12H12F2N2O5. The first-order valence-corrected chi connectivity index (χ1v) is 5.66. The number of carboxylic acid groups (broad SMARTS) is 1. The van der Waals surface area contributed by atoms with Crippen LogP contribution in [0.4, 0.5) is 8.78 Å². The first-order valence-electron chi connectivity index (χ1n) is 5.66. The predicted molar refractivity (Wildman–Crippen MR) is 65.8 cm³/mol. The first kappa shape index (κ1) is 16.3. The van der Waals surface area contributed by atoms with Gasteiger partial charge in [0.2, 0.25) is 5.91 Å². The Balaban J connectivity index is 2.73. The Labute approximate surface area is 117 Å². The maximum absolute atomic E-state index is 12.0. The first-order chi connectivity index (χ1) is 9.79. The van der Waals surface area contributed by atoms with E-state index < -0.39 is 36.9 Å². The summed E-state index contributed by atoms with van der Waals surface area (Å²) in [5.74, 6) is -3.23. The van der Waals surface area contributed by atoms with Gasteiger partial charge in [0.05, 0.1) is 6.42 Å². The third-order valence-corrected chi connectivity index (χ3v) is 2.35. The summed E-state index contributed by atoms with van der Waals surface area (Å²) in [7, 11) is 0. The number of alkyl halides is 2. The molecule has 1 rings (SSSR count). The molecule has 1 aromatic carbocycles. The van der Waals surface area contributed by atoms with E-state index in [0.29, 0.717) is 0 Å². The van der Waals surface area contributed by atoms with Crippen LogP contribution in [0, 0.1) is 0 Å². The van der Waals surface area contributed by atoms with Crippen molar-refractivity contribution in [2.24, 2.45) is 5.73 Å². The molecule has 7 nitrogen and oxygen atoms in total. The highest BCUT2D eigenvalue weighted by atomic mass is 19.3. The van der Waals surface area contributed by atoms with Gasteiger partial charge in [-0.2, -0.15) is 8.78 Å². The molecule has 0 spiro atoms. The standard InChI is InChI=1S/C12H12F2N2O5/c13-12(14)21-7-3-1-6(2-4-7)10(18)16-8(11(19)20)5-9(15)17/h1-4,8,12H,5H2,(H2,15,17)(H,16,18)(H,19,20). The van der Waals surface area contributed by atoms with Crippen LogP contribution >= 0.6 is 0 Å². The summed E-state index contributed by atoms with van der Waals surface area (Å²) < 4.78 is 28.0. The highest BCUT2D eigenvalue weighted by molar-refractivity contribution is 5.97. The van der Waals surface area contributed by atoms with Crippen LogP contribution in [-0.2, 0) is 9.59 Å². The lowest BCUT2D eigenvalue weighted by molar-refractivity contribution is -0.140. The zero-order valence-electron chi connectivity index (χ0n) is 10.6. The number of hydrogen-bond donors (Lipinski definition) is 3. The van der Waals surface area contributed by atoms with Crippen LogP contribution in [0.1, 0.15) is 16.8 Å². The molecule has 0 saturated carbocycles. The van der Waals surface area contributed by atoms with Gasteiger partial charge in [0.15, 0.2) is 0 Å². The summed E-state index contributed by atoms with van der Waals surface area (Å²) >= 11 is 0. The van der Waals surface area contributed by atoms with Crippen molar-refractivity contribution in [3.05, 3.63) is 29.8 Å². The summed E-state index contributed by atoms with van der Waals surface area (Å²) in [6.45, 7) is -2.99. The number of rotatable bonds is 7. The fourth-order valence-electron chi connectivity index (χ4n) is 1.43. The third kappa shape index (κ3) is 5.43. The number of carbonyl (C=O) groups excluding carboxylic acids is 2. The van der Waals surface area contributed by atoms with Crippen molar-refractivity contribution in [3.63, 3.8) is 0 Å². The van der Waals surface area contributed by atoms with Gasteiger partial charge >= 0.3 is 12.6 Å². The molecule has 0 radical (unpaired) electrons. The van der Waals surface area contributed by atoms with Crippen molar-refractivity contribution >= 4 is 17.8 Å². The number of aliphatic carboxylic acids is 1. The molecule has 9 heteroatoms.